The molecule has 1 heterocycles. The van der Waals surface area contributed by atoms with Gasteiger partial charge in [-0.05, 0) is 31.2 Å². The standard InChI is InChI=1S/C18H14BrFN4O4S/c1-2-23-17(26)12-7-10(19)3-6-14(12)22-18(23)29-9-16(25)21-15-8-11(24(27)28)4-5-13(15)20/h3-8H,2,9H2,1H3,(H,21,25). The highest BCUT2D eigenvalue weighted by Crippen LogP contribution is 2.23. The molecule has 2 aromatic carbocycles. The number of anilines is 1. The first kappa shape index (κ1) is 20.9. The maximum atomic E-state index is 13.8. The summed E-state index contributed by atoms with van der Waals surface area (Å²) in [7, 11) is 0. The van der Waals surface area contributed by atoms with Crippen molar-refractivity contribution in [1.82, 2.24) is 9.55 Å². The van der Waals surface area contributed by atoms with Crippen molar-refractivity contribution in [1.29, 1.82) is 0 Å². The van der Waals surface area contributed by atoms with Crippen LogP contribution >= 0.6 is 27.7 Å². The second kappa shape index (κ2) is 8.70. The Morgan fingerprint density at radius 2 is 2.10 bits per heavy atom. The minimum Gasteiger partial charge on any atom is -0.323 e. The molecular weight excluding hydrogens is 467 g/mol. The van der Waals surface area contributed by atoms with Crippen molar-refractivity contribution in [3.05, 3.63) is 67.2 Å². The average Bonchev–Trinajstić information content (AvgIpc) is 2.68. The van der Waals surface area contributed by atoms with Crippen LogP contribution in [0.25, 0.3) is 10.9 Å². The van der Waals surface area contributed by atoms with Gasteiger partial charge in [0.15, 0.2) is 5.16 Å². The fourth-order valence-corrected chi connectivity index (χ4v) is 3.82. The van der Waals surface area contributed by atoms with Gasteiger partial charge in [-0.15, -0.1) is 0 Å². The molecule has 11 heteroatoms. The molecule has 0 fully saturated rings. The third-order valence-electron chi connectivity index (χ3n) is 3.96. The lowest BCUT2D eigenvalue weighted by Gasteiger charge is -2.11. The van der Waals surface area contributed by atoms with Crippen LogP contribution in [0.3, 0.4) is 0 Å². The van der Waals surface area contributed by atoms with Crippen LogP contribution < -0.4 is 10.9 Å². The number of non-ortho nitro benzene ring substituents is 1. The molecule has 0 aliphatic heterocycles. The lowest BCUT2D eigenvalue weighted by Crippen LogP contribution is -2.23. The Labute approximate surface area is 176 Å². The Balaban J connectivity index is 1.81. The quantitative estimate of drug-likeness (QED) is 0.247. The normalized spacial score (nSPS) is 10.9. The number of nitrogens with zero attached hydrogens (tertiary/aromatic N) is 3. The van der Waals surface area contributed by atoms with E-state index in [0.717, 1.165) is 34.4 Å². The Morgan fingerprint density at radius 3 is 2.79 bits per heavy atom. The van der Waals surface area contributed by atoms with Gasteiger partial charge in [0.2, 0.25) is 5.91 Å². The van der Waals surface area contributed by atoms with Crippen LogP contribution in [0.15, 0.2) is 50.8 Å². The van der Waals surface area contributed by atoms with Gasteiger partial charge in [0.25, 0.3) is 11.2 Å². The summed E-state index contributed by atoms with van der Waals surface area (Å²) in [5.41, 5.74) is -0.354. The van der Waals surface area contributed by atoms with Gasteiger partial charge in [-0.3, -0.25) is 24.3 Å². The van der Waals surface area contributed by atoms with E-state index in [1.54, 1.807) is 25.1 Å². The minimum atomic E-state index is -0.783. The topological polar surface area (TPSA) is 107 Å². The molecule has 0 aliphatic rings. The van der Waals surface area contributed by atoms with E-state index < -0.39 is 16.6 Å². The number of rotatable bonds is 6. The molecule has 0 saturated heterocycles. The summed E-state index contributed by atoms with van der Waals surface area (Å²) in [6.45, 7) is 2.15. The first-order chi connectivity index (χ1) is 13.8. The number of nitrogens with one attached hydrogen (secondary N) is 1. The second-order valence-corrected chi connectivity index (χ2v) is 7.72. The van der Waals surface area contributed by atoms with E-state index in [4.69, 9.17) is 0 Å². The third-order valence-corrected chi connectivity index (χ3v) is 5.43. The number of halogens is 2. The van der Waals surface area contributed by atoms with E-state index >= 15 is 0 Å². The predicted molar refractivity (Wildman–Crippen MR) is 112 cm³/mol. The van der Waals surface area contributed by atoms with E-state index in [0.29, 0.717) is 22.6 Å². The van der Waals surface area contributed by atoms with E-state index in [2.05, 4.69) is 26.2 Å². The number of aromatic nitrogens is 2. The van der Waals surface area contributed by atoms with Crippen LogP contribution in [-0.2, 0) is 11.3 Å². The van der Waals surface area contributed by atoms with Gasteiger partial charge < -0.3 is 5.32 Å². The lowest BCUT2D eigenvalue weighted by molar-refractivity contribution is -0.384. The van der Waals surface area contributed by atoms with Gasteiger partial charge >= 0.3 is 0 Å². The molecule has 0 saturated carbocycles. The molecule has 3 aromatic rings. The Hall–Kier alpha value is -2.79. The third kappa shape index (κ3) is 4.62. The zero-order valence-corrected chi connectivity index (χ0v) is 17.4. The van der Waals surface area contributed by atoms with Crippen molar-refractivity contribution in [3.8, 4) is 0 Å². The van der Waals surface area contributed by atoms with Crippen molar-refractivity contribution in [3.63, 3.8) is 0 Å². The molecule has 1 aromatic heterocycles. The highest BCUT2D eigenvalue weighted by molar-refractivity contribution is 9.10. The molecule has 150 valence electrons. The molecule has 1 amide bonds. The summed E-state index contributed by atoms with van der Waals surface area (Å²) < 4.78 is 16.0. The van der Waals surface area contributed by atoms with E-state index in [-0.39, 0.29) is 22.7 Å². The summed E-state index contributed by atoms with van der Waals surface area (Å²) in [4.78, 5) is 39.5. The average molecular weight is 481 g/mol. The first-order valence-electron chi connectivity index (χ1n) is 8.37. The van der Waals surface area contributed by atoms with Gasteiger partial charge in [-0.2, -0.15) is 0 Å². The van der Waals surface area contributed by atoms with Crippen molar-refractivity contribution in [2.24, 2.45) is 0 Å². The monoisotopic (exact) mass is 480 g/mol. The number of hydrogen-bond acceptors (Lipinski definition) is 6. The molecular formula is C18H14BrFN4O4S. The number of carbonyl (C=O) groups excluding carboxylic acids is 1. The van der Waals surface area contributed by atoms with Gasteiger partial charge in [0, 0.05) is 23.2 Å². The molecule has 0 unspecified atom stereocenters. The van der Waals surface area contributed by atoms with Gasteiger partial charge in [-0.1, -0.05) is 27.7 Å². The lowest BCUT2D eigenvalue weighted by atomic mass is 10.2. The molecule has 0 atom stereocenters. The number of fused-ring (bicyclic) bond motifs is 1. The number of amides is 1. The molecule has 0 bridgehead atoms. The summed E-state index contributed by atoms with van der Waals surface area (Å²) in [5.74, 6) is -1.52. The summed E-state index contributed by atoms with van der Waals surface area (Å²) in [6.07, 6.45) is 0. The zero-order chi connectivity index (χ0) is 21.1. The van der Waals surface area contributed by atoms with Crippen LogP contribution in [0.4, 0.5) is 15.8 Å². The fourth-order valence-electron chi connectivity index (χ4n) is 2.60. The van der Waals surface area contributed by atoms with Crippen molar-refractivity contribution in [2.75, 3.05) is 11.1 Å². The van der Waals surface area contributed by atoms with Crippen LogP contribution in [0.5, 0.6) is 0 Å². The SMILES string of the molecule is CCn1c(SCC(=O)Nc2cc([N+](=O)[O-])ccc2F)nc2ccc(Br)cc2c1=O. The molecule has 1 N–H and O–H groups in total. The van der Waals surface area contributed by atoms with Gasteiger partial charge in [0.1, 0.15) is 5.82 Å². The maximum Gasteiger partial charge on any atom is 0.271 e. The van der Waals surface area contributed by atoms with Crippen molar-refractivity contribution >= 4 is 55.9 Å². The van der Waals surface area contributed by atoms with E-state index in [9.17, 15) is 24.1 Å². The Morgan fingerprint density at radius 1 is 1.34 bits per heavy atom. The maximum absolute atomic E-state index is 13.8. The number of hydrogen-bond donors (Lipinski definition) is 1. The summed E-state index contributed by atoms with van der Waals surface area (Å²) in [6, 6.07) is 8.02. The number of carbonyl (C=O) groups is 1. The molecule has 3 rings (SSSR count). The second-order valence-electron chi connectivity index (χ2n) is 5.86. The molecule has 29 heavy (non-hydrogen) atoms. The molecule has 0 radical (unpaired) electrons. The first-order valence-corrected chi connectivity index (χ1v) is 10.1. The summed E-state index contributed by atoms with van der Waals surface area (Å²) in [5, 5.41) is 13.9. The Kier molecular flexibility index (Phi) is 6.28. The molecule has 8 nitrogen and oxygen atoms in total. The van der Waals surface area contributed by atoms with Gasteiger partial charge in [0.05, 0.1) is 27.3 Å². The van der Waals surface area contributed by atoms with Crippen molar-refractivity contribution in [2.45, 2.75) is 18.6 Å². The van der Waals surface area contributed by atoms with Gasteiger partial charge in [-0.25, -0.2) is 9.37 Å². The molecule has 0 spiro atoms. The predicted octanol–water partition coefficient (Wildman–Crippen LogP) is 3.96. The number of nitro benzene ring substituents is 1. The summed E-state index contributed by atoms with van der Waals surface area (Å²) >= 11 is 4.35. The highest BCUT2D eigenvalue weighted by Gasteiger charge is 2.16. The number of thioether (sulfide) groups is 1. The smallest absolute Gasteiger partial charge is 0.271 e. The van der Waals surface area contributed by atoms with Crippen LogP contribution in [0.1, 0.15) is 6.92 Å². The largest absolute Gasteiger partial charge is 0.323 e. The van der Waals surface area contributed by atoms with E-state index in [1.165, 1.54) is 4.57 Å². The number of nitro groups is 1. The van der Waals surface area contributed by atoms with Crippen molar-refractivity contribution < 1.29 is 14.1 Å². The Bertz CT molecular complexity index is 1180. The minimum absolute atomic E-state index is 0.156. The molecule has 0 aliphatic carbocycles. The van der Waals surface area contributed by atoms with Crippen LogP contribution in [-0.4, -0.2) is 26.1 Å². The fraction of sp³-hybridized carbons (Fsp3) is 0.167. The van der Waals surface area contributed by atoms with E-state index in [1.807, 2.05) is 0 Å². The number of benzene rings is 2. The zero-order valence-electron chi connectivity index (χ0n) is 15.0. The highest BCUT2D eigenvalue weighted by atomic mass is 79.9. The van der Waals surface area contributed by atoms with Crippen LogP contribution in [0, 0.1) is 15.9 Å². The van der Waals surface area contributed by atoms with Crippen LogP contribution in [0.2, 0.25) is 0 Å².